The average Bonchev–Trinajstić information content (AvgIpc) is 2.92. The molecule has 0 saturated carbocycles. The molecule has 3 rings (SSSR count). The second-order valence-corrected chi connectivity index (χ2v) is 5.40. The molecule has 6 heteroatoms. The monoisotopic (exact) mass is 305 g/mol. The van der Waals surface area contributed by atoms with E-state index >= 15 is 0 Å². The zero-order chi connectivity index (χ0) is 15.9. The summed E-state index contributed by atoms with van der Waals surface area (Å²) in [6, 6.07) is 10.1. The van der Waals surface area contributed by atoms with Gasteiger partial charge in [0, 0.05) is 17.3 Å². The molecule has 0 aliphatic heterocycles. The SMILES string of the molecule is CC(C)c1cc(C(F)(F)F)nn1-c1ccc2ncccc2c1. The van der Waals surface area contributed by atoms with Crippen molar-refractivity contribution in [3.8, 4) is 5.69 Å². The Labute approximate surface area is 125 Å². The zero-order valence-corrected chi connectivity index (χ0v) is 12.1. The van der Waals surface area contributed by atoms with Gasteiger partial charge in [0.25, 0.3) is 0 Å². The minimum absolute atomic E-state index is 0.0757. The zero-order valence-electron chi connectivity index (χ0n) is 12.1. The number of fused-ring (bicyclic) bond motifs is 1. The maximum absolute atomic E-state index is 12.9. The van der Waals surface area contributed by atoms with Gasteiger partial charge >= 0.3 is 6.18 Å². The lowest BCUT2D eigenvalue weighted by Crippen LogP contribution is -2.08. The Morgan fingerprint density at radius 3 is 2.55 bits per heavy atom. The summed E-state index contributed by atoms with van der Waals surface area (Å²) in [6.45, 7) is 3.69. The van der Waals surface area contributed by atoms with E-state index in [1.165, 1.54) is 4.68 Å². The van der Waals surface area contributed by atoms with Gasteiger partial charge in [0.1, 0.15) is 0 Å². The molecule has 0 unspecified atom stereocenters. The lowest BCUT2D eigenvalue weighted by Gasteiger charge is -2.10. The van der Waals surface area contributed by atoms with E-state index in [4.69, 9.17) is 0 Å². The van der Waals surface area contributed by atoms with Crippen molar-refractivity contribution in [1.29, 1.82) is 0 Å². The molecule has 0 N–H and O–H groups in total. The van der Waals surface area contributed by atoms with E-state index in [1.54, 1.807) is 30.5 Å². The first-order chi connectivity index (χ1) is 10.4. The summed E-state index contributed by atoms with van der Waals surface area (Å²) in [5.41, 5.74) is 1.04. The van der Waals surface area contributed by atoms with Crippen LogP contribution in [0.2, 0.25) is 0 Å². The molecule has 2 aromatic heterocycles. The van der Waals surface area contributed by atoms with Gasteiger partial charge in [-0.05, 0) is 36.2 Å². The summed E-state index contributed by atoms with van der Waals surface area (Å²) in [7, 11) is 0. The van der Waals surface area contributed by atoms with Gasteiger partial charge in [-0.2, -0.15) is 18.3 Å². The van der Waals surface area contributed by atoms with E-state index in [-0.39, 0.29) is 5.92 Å². The minimum Gasteiger partial charge on any atom is -0.256 e. The van der Waals surface area contributed by atoms with E-state index in [2.05, 4.69) is 10.1 Å². The van der Waals surface area contributed by atoms with Crippen LogP contribution in [-0.4, -0.2) is 14.8 Å². The first-order valence-electron chi connectivity index (χ1n) is 6.88. The summed E-state index contributed by atoms with van der Waals surface area (Å²) in [6.07, 6.45) is -2.77. The third-order valence-corrected chi connectivity index (χ3v) is 3.45. The van der Waals surface area contributed by atoms with Crippen LogP contribution in [0.25, 0.3) is 16.6 Å². The topological polar surface area (TPSA) is 30.7 Å². The molecule has 0 aliphatic carbocycles. The molecular weight excluding hydrogens is 291 g/mol. The molecule has 0 radical (unpaired) electrons. The summed E-state index contributed by atoms with van der Waals surface area (Å²) in [4.78, 5) is 4.21. The molecule has 3 aromatic rings. The highest BCUT2D eigenvalue weighted by atomic mass is 19.4. The number of alkyl halides is 3. The Balaban J connectivity index is 2.18. The number of rotatable bonds is 2. The molecule has 3 nitrogen and oxygen atoms in total. The van der Waals surface area contributed by atoms with Crippen LogP contribution in [0.1, 0.15) is 31.2 Å². The predicted octanol–water partition coefficient (Wildman–Crippen LogP) is 4.56. The van der Waals surface area contributed by atoms with Gasteiger partial charge in [-0.15, -0.1) is 0 Å². The normalized spacial score (nSPS) is 12.3. The molecule has 0 atom stereocenters. The van der Waals surface area contributed by atoms with Gasteiger partial charge in [-0.1, -0.05) is 19.9 Å². The fourth-order valence-corrected chi connectivity index (χ4v) is 2.35. The first kappa shape index (κ1) is 14.6. The number of benzene rings is 1. The van der Waals surface area contributed by atoms with Crippen molar-refractivity contribution in [1.82, 2.24) is 14.8 Å². The van der Waals surface area contributed by atoms with E-state index in [0.29, 0.717) is 11.4 Å². The van der Waals surface area contributed by atoms with E-state index in [9.17, 15) is 13.2 Å². The first-order valence-corrected chi connectivity index (χ1v) is 6.88. The standard InChI is InChI=1S/C16H14F3N3/c1-10(2)14-9-15(16(17,18)19)21-22(14)12-5-6-13-11(8-12)4-3-7-20-13/h3-10H,1-2H3. The summed E-state index contributed by atoms with van der Waals surface area (Å²) >= 11 is 0. The maximum Gasteiger partial charge on any atom is 0.435 e. The maximum atomic E-state index is 12.9. The fraction of sp³-hybridized carbons (Fsp3) is 0.250. The third kappa shape index (κ3) is 2.56. The van der Waals surface area contributed by atoms with Crippen LogP contribution < -0.4 is 0 Å². The summed E-state index contributed by atoms with van der Waals surface area (Å²) in [5.74, 6) is -0.0757. The third-order valence-electron chi connectivity index (χ3n) is 3.45. The van der Waals surface area contributed by atoms with Gasteiger partial charge in [-0.3, -0.25) is 4.98 Å². The molecule has 2 heterocycles. The lowest BCUT2D eigenvalue weighted by molar-refractivity contribution is -0.141. The number of hydrogen-bond acceptors (Lipinski definition) is 2. The number of hydrogen-bond donors (Lipinski definition) is 0. The van der Waals surface area contributed by atoms with Crippen molar-refractivity contribution in [2.24, 2.45) is 0 Å². The van der Waals surface area contributed by atoms with Gasteiger partial charge < -0.3 is 0 Å². The second kappa shape index (κ2) is 5.12. The highest BCUT2D eigenvalue weighted by molar-refractivity contribution is 5.80. The van der Waals surface area contributed by atoms with Crippen LogP contribution in [0.15, 0.2) is 42.6 Å². The molecule has 0 saturated heterocycles. The Kier molecular flexibility index (Phi) is 3.39. The Morgan fingerprint density at radius 2 is 1.86 bits per heavy atom. The second-order valence-electron chi connectivity index (χ2n) is 5.40. The van der Waals surface area contributed by atoms with Gasteiger partial charge in [-0.25, -0.2) is 4.68 Å². The van der Waals surface area contributed by atoms with Crippen LogP contribution >= 0.6 is 0 Å². The van der Waals surface area contributed by atoms with Crippen molar-refractivity contribution < 1.29 is 13.2 Å². The molecule has 22 heavy (non-hydrogen) atoms. The van der Waals surface area contributed by atoms with Crippen molar-refractivity contribution >= 4 is 10.9 Å². The van der Waals surface area contributed by atoms with Crippen molar-refractivity contribution in [3.05, 3.63) is 54.0 Å². The van der Waals surface area contributed by atoms with E-state index in [0.717, 1.165) is 17.0 Å². The van der Waals surface area contributed by atoms with E-state index in [1.807, 2.05) is 19.9 Å². The van der Waals surface area contributed by atoms with Crippen LogP contribution in [-0.2, 0) is 6.18 Å². The Bertz CT molecular complexity index is 819. The van der Waals surface area contributed by atoms with E-state index < -0.39 is 11.9 Å². The Hall–Kier alpha value is -2.37. The number of nitrogens with zero attached hydrogens (tertiary/aromatic N) is 3. The van der Waals surface area contributed by atoms with Gasteiger partial charge in [0.05, 0.1) is 11.2 Å². The summed E-state index contributed by atoms with van der Waals surface area (Å²) < 4.78 is 40.1. The fourth-order valence-electron chi connectivity index (χ4n) is 2.35. The lowest BCUT2D eigenvalue weighted by atomic mass is 10.1. The molecule has 114 valence electrons. The van der Waals surface area contributed by atoms with Crippen molar-refractivity contribution in [2.75, 3.05) is 0 Å². The predicted molar refractivity (Wildman–Crippen MR) is 78.0 cm³/mol. The molecule has 1 aromatic carbocycles. The number of pyridine rings is 1. The average molecular weight is 305 g/mol. The largest absolute Gasteiger partial charge is 0.435 e. The number of aromatic nitrogens is 3. The van der Waals surface area contributed by atoms with Gasteiger partial charge in [0.2, 0.25) is 0 Å². The molecule has 0 amide bonds. The van der Waals surface area contributed by atoms with Crippen LogP contribution in [0, 0.1) is 0 Å². The highest BCUT2D eigenvalue weighted by Gasteiger charge is 2.35. The highest BCUT2D eigenvalue weighted by Crippen LogP contribution is 2.32. The molecular formula is C16H14F3N3. The smallest absolute Gasteiger partial charge is 0.256 e. The van der Waals surface area contributed by atoms with Crippen molar-refractivity contribution in [2.45, 2.75) is 25.9 Å². The van der Waals surface area contributed by atoms with Crippen LogP contribution in [0.4, 0.5) is 13.2 Å². The van der Waals surface area contributed by atoms with Gasteiger partial charge in [0.15, 0.2) is 5.69 Å². The minimum atomic E-state index is -4.45. The van der Waals surface area contributed by atoms with Crippen LogP contribution in [0.5, 0.6) is 0 Å². The molecule has 0 aliphatic rings. The van der Waals surface area contributed by atoms with Crippen LogP contribution in [0.3, 0.4) is 0 Å². The van der Waals surface area contributed by atoms with Crippen molar-refractivity contribution in [3.63, 3.8) is 0 Å². The summed E-state index contributed by atoms with van der Waals surface area (Å²) in [5, 5.41) is 4.61. The Morgan fingerprint density at radius 1 is 1.09 bits per heavy atom. The number of halogens is 3. The molecule has 0 bridgehead atoms. The molecule has 0 fully saturated rings. The quantitative estimate of drug-likeness (QED) is 0.694. The molecule has 0 spiro atoms.